The number of carboxylic acid groups (broad SMARTS) is 1. The molecule has 0 unspecified atom stereocenters. The lowest BCUT2D eigenvalue weighted by Gasteiger charge is -2.25. The lowest BCUT2D eigenvalue weighted by molar-refractivity contribution is -0.141. The van der Waals surface area contributed by atoms with E-state index in [1.54, 1.807) is 30.3 Å². The first-order valence-corrected chi connectivity index (χ1v) is 38.6. The number of benzene rings is 1. The molecule has 0 bridgehead atoms. The molecule has 0 aliphatic carbocycles. The average Bonchev–Trinajstić information content (AvgIpc) is 0.865. The van der Waals surface area contributed by atoms with E-state index in [9.17, 15) is 77.0 Å². The Morgan fingerprint density at radius 3 is 1.23 bits per heavy atom. The fourth-order valence-corrected chi connectivity index (χ4v) is 9.78. The molecule has 1 aromatic carbocycles. The Bertz CT molecular complexity index is 3170. The zero-order valence-electron chi connectivity index (χ0n) is 64.6. The minimum atomic E-state index is -1.89. The molecule has 0 fully saturated rings. The summed E-state index contributed by atoms with van der Waals surface area (Å²) in [6.45, 7) is 5.87. The van der Waals surface area contributed by atoms with E-state index in [1.807, 2.05) is 0 Å². The average molecular weight is 1710 g/mol. The second-order valence-corrected chi connectivity index (χ2v) is 25.3. The van der Waals surface area contributed by atoms with E-state index in [0.29, 0.717) is 71.4 Å². The highest BCUT2D eigenvalue weighted by atomic mass is 32.1. The molecule has 45 nitrogen and oxygen atoms in total. The van der Waals surface area contributed by atoms with Crippen LogP contribution >= 0.6 is 37.9 Å². The number of nitrogens with two attached hydrogens (primary N) is 3. The van der Waals surface area contributed by atoms with E-state index in [4.69, 9.17) is 70.1 Å². The van der Waals surface area contributed by atoms with Crippen molar-refractivity contribution in [2.45, 2.75) is 81.2 Å². The number of nitrogens with one attached hydrogen (secondary N) is 15. The number of rotatable bonds is 72. The Kier molecular flexibility index (Phi) is 61.4. The van der Waals surface area contributed by atoms with Crippen molar-refractivity contribution < 1.29 is 129 Å². The number of primary amides is 1. The standard InChI is InChI=1S/C68H114N18O27S3/c1-45(61(96)77-17-21-106-25-29-107-26-22-103-18-14-74-56(90)38-111-37-53(69)87)80-64(99)49(34-46-8-3-2-4-9-46)84-67(102)52(43-115)86-65(100)50(35-60(94)95)82-54(88)36-79-62(97)47(11-7-13-78-68(70)71)83-66(101)51(42-114)85-63(98)48(81-59(93)44-116)10-5-6-12-73-55(89)39-112-40-57(91)75-15-19-104-23-27-108-30-32-110-33-31-109-28-24-105-20-16-76-58(92)41-113-72/h2-4,8-9,47-52,114-116H,1,5-7,10-44,72H2,(H2,69,87)(H,73,89)(H,74,90)(H,75,91)(H,76,92)(H,77,96)(H,79,97)(H,80,99)(H,81,93)(H,82,88)(H,83,101)(H,84,102)(H,85,98)(H,86,100)(H,94,95)(H4,70,71,78)/t47-,48-,49-,50-,51-,52-/m0/s1. The molecule has 0 saturated heterocycles. The minimum Gasteiger partial charge on any atom is -0.481 e. The maximum absolute atomic E-state index is 13.8. The molecule has 1 rings (SSSR count). The van der Waals surface area contributed by atoms with Gasteiger partial charge in [0.15, 0.2) is 5.96 Å². The summed E-state index contributed by atoms with van der Waals surface area (Å²) in [6, 6.07) is -0.704. The first kappa shape index (κ1) is 105. The van der Waals surface area contributed by atoms with Gasteiger partial charge in [-0.2, -0.15) is 37.9 Å². The fourth-order valence-electron chi connectivity index (χ4n) is 9.17. The molecule has 0 heterocycles. The summed E-state index contributed by atoms with van der Waals surface area (Å²) in [5, 5.41) is 51.9. The van der Waals surface area contributed by atoms with Gasteiger partial charge in [-0.05, 0) is 37.7 Å². The number of thiol groups is 3. The van der Waals surface area contributed by atoms with Crippen LogP contribution in [0.1, 0.15) is 44.1 Å². The predicted molar refractivity (Wildman–Crippen MR) is 421 cm³/mol. The Labute approximate surface area is 687 Å². The van der Waals surface area contributed by atoms with Gasteiger partial charge in [0.05, 0.1) is 130 Å². The molecule has 0 aliphatic heterocycles. The molecular weight excluding hydrogens is 1600 g/mol. The summed E-state index contributed by atoms with van der Waals surface area (Å²) in [6.07, 6.45) is -0.738. The smallest absolute Gasteiger partial charge is 0.305 e. The largest absolute Gasteiger partial charge is 0.481 e. The second kappa shape index (κ2) is 68.0. The number of amides is 14. The number of carbonyl (C=O) groups is 15. The highest BCUT2D eigenvalue weighted by Gasteiger charge is 2.33. The number of ether oxygens (including phenoxy) is 10. The van der Waals surface area contributed by atoms with Crippen LogP contribution in [0.4, 0.5) is 0 Å². The maximum Gasteiger partial charge on any atom is 0.305 e. The Morgan fingerprint density at radius 2 is 0.784 bits per heavy atom. The summed E-state index contributed by atoms with van der Waals surface area (Å²) in [4.78, 5) is 196. The van der Waals surface area contributed by atoms with Crippen LogP contribution in [0.5, 0.6) is 0 Å². The van der Waals surface area contributed by atoms with Gasteiger partial charge in [-0.25, -0.2) is 5.90 Å². The van der Waals surface area contributed by atoms with E-state index in [0.717, 1.165) is 0 Å². The van der Waals surface area contributed by atoms with Gasteiger partial charge in [-0.1, -0.05) is 36.9 Å². The number of hydrogen-bond donors (Lipinski definition) is 22. The van der Waals surface area contributed by atoms with Crippen molar-refractivity contribution in [1.29, 1.82) is 5.41 Å². The number of aliphatic carboxylic acids is 1. The SMILES string of the molecule is C=C(NC(=O)[C@H](Cc1ccccc1)NC(=O)[C@H](CS)NC(=O)[C@H](CC(=O)O)NC(=O)CNC(=O)[C@H](CCCNC(=N)N)NC(=O)[C@H](CS)NC(=O)[C@H](CCCCNC(=O)COCC(=O)NCCOCCOCCOCCOCCOCCNC(=O)CON)NC(=O)CS)C(=O)NCCOCCOCCOCCNC(=O)COCC(N)=O. The van der Waals surface area contributed by atoms with Crippen LogP contribution in [-0.2, 0) is 131 Å². The molecule has 0 aromatic heterocycles. The molecule has 6 atom stereocenters. The van der Waals surface area contributed by atoms with Crippen molar-refractivity contribution in [1.82, 2.24) is 74.4 Å². The van der Waals surface area contributed by atoms with E-state index in [2.05, 4.69) is 124 Å². The Hall–Kier alpha value is -9.15. The van der Waals surface area contributed by atoms with Gasteiger partial charge < -0.3 is 138 Å². The topological polar surface area (TPSA) is 648 Å². The molecule has 0 aliphatic rings. The van der Waals surface area contributed by atoms with Crippen LogP contribution in [-0.4, -0.2) is 338 Å². The first-order chi connectivity index (χ1) is 55.7. The fraction of sp³-hybridized carbons (Fsp3) is 0.647. The molecule has 0 saturated carbocycles. The zero-order chi connectivity index (χ0) is 85.9. The van der Waals surface area contributed by atoms with Crippen molar-refractivity contribution in [3.05, 3.63) is 48.2 Å². The van der Waals surface area contributed by atoms with Gasteiger partial charge in [-0.15, -0.1) is 0 Å². The number of guanidine groups is 1. The lowest BCUT2D eigenvalue weighted by atomic mass is 10.0. The van der Waals surface area contributed by atoms with Crippen LogP contribution < -0.4 is 91.8 Å². The zero-order valence-corrected chi connectivity index (χ0v) is 67.2. The number of carbonyl (C=O) groups excluding carboxylic acids is 14. The van der Waals surface area contributed by atoms with E-state index in [-0.39, 0.29) is 155 Å². The minimum absolute atomic E-state index is 0.00392. The Balaban J connectivity index is 2.74. The van der Waals surface area contributed by atoms with Crippen LogP contribution in [0.25, 0.3) is 0 Å². The van der Waals surface area contributed by atoms with E-state index < -0.39 is 163 Å². The Morgan fingerprint density at radius 1 is 0.397 bits per heavy atom. The van der Waals surface area contributed by atoms with Crippen LogP contribution in [0.3, 0.4) is 0 Å². The highest BCUT2D eigenvalue weighted by Crippen LogP contribution is 2.09. The second-order valence-electron chi connectivity index (χ2n) is 24.3. The van der Waals surface area contributed by atoms with Crippen molar-refractivity contribution in [2.75, 3.05) is 202 Å². The van der Waals surface area contributed by atoms with Crippen molar-refractivity contribution in [3.63, 3.8) is 0 Å². The summed E-state index contributed by atoms with van der Waals surface area (Å²) < 4.78 is 53.3. The number of carboxylic acids is 1. The third-order valence-electron chi connectivity index (χ3n) is 14.8. The molecule has 48 heteroatoms. The lowest BCUT2D eigenvalue weighted by Crippen LogP contribution is -2.59. The molecule has 0 radical (unpaired) electrons. The number of hydrogen-bond acceptors (Lipinski definition) is 31. The summed E-state index contributed by atoms with van der Waals surface area (Å²) >= 11 is 12.4. The first-order valence-electron chi connectivity index (χ1n) is 36.7. The molecule has 116 heavy (non-hydrogen) atoms. The van der Waals surface area contributed by atoms with Gasteiger partial charge >= 0.3 is 5.97 Å². The van der Waals surface area contributed by atoms with Crippen molar-refractivity contribution in [2.24, 2.45) is 17.4 Å². The molecule has 0 spiro atoms. The quantitative estimate of drug-likeness (QED) is 0.00719. The van der Waals surface area contributed by atoms with Crippen LogP contribution in [0.2, 0.25) is 0 Å². The molecule has 22 N–H and O–H groups in total. The number of unbranched alkanes of at least 4 members (excludes halogenated alkanes) is 1. The summed E-state index contributed by atoms with van der Waals surface area (Å²) in [5.41, 5.74) is 10.5. The van der Waals surface area contributed by atoms with Gasteiger partial charge in [0, 0.05) is 57.2 Å². The molecular formula is C68H114N18O27S3. The maximum atomic E-state index is 13.8. The van der Waals surface area contributed by atoms with Crippen molar-refractivity contribution >= 4 is 133 Å². The van der Waals surface area contributed by atoms with Gasteiger partial charge in [0.1, 0.15) is 69.3 Å². The van der Waals surface area contributed by atoms with E-state index in [1.165, 1.54) is 0 Å². The molecule has 1 aromatic rings. The van der Waals surface area contributed by atoms with Gasteiger partial charge in [0.2, 0.25) is 76.8 Å². The van der Waals surface area contributed by atoms with Crippen molar-refractivity contribution in [3.8, 4) is 0 Å². The predicted octanol–water partition coefficient (Wildman–Crippen LogP) is -9.30. The third-order valence-corrected chi connectivity index (χ3v) is 15.8. The van der Waals surface area contributed by atoms with Gasteiger partial charge in [0.25, 0.3) is 5.91 Å². The highest BCUT2D eigenvalue weighted by molar-refractivity contribution is 7.81. The summed E-state index contributed by atoms with van der Waals surface area (Å²) in [5.74, 6) is -9.23. The van der Waals surface area contributed by atoms with E-state index >= 15 is 0 Å². The molecule has 656 valence electrons. The monoisotopic (exact) mass is 1710 g/mol. The van der Waals surface area contributed by atoms with Crippen LogP contribution in [0.15, 0.2) is 42.6 Å². The summed E-state index contributed by atoms with van der Waals surface area (Å²) in [7, 11) is 0. The molecule has 14 amide bonds. The third kappa shape index (κ3) is 56.2. The normalized spacial score (nSPS) is 12.4. The van der Waals surface area contributed by atoms with Gasteiger partial charge in [-0.3, -0.25) is 82.2 Å². The van der Waals surface area contributed by atoms with Crippen LogP contribution in [0, 0.1) is 5.41 Å².